The molecule has 2 rings (SSSR count). The average molecular weight is 279 g/mol. The average Bonchev–Trinajstić information content (AvgIpc) is 2.70. The quantitative estimate of drug-likeness (QED) is 0.678. The molecular formula is C13H13NO4S. The van der Waals surface area contributed by atoms with Gasteiger partial charge in [-0.3, -0.25) is 9.59 Å². The predicted octanol–water partition coefficient (Wildman–Crippen LogP) is 1.90. The number of hydrogen-bond donors (Lipinski definition) is 1. The van der Waals surface area contributed by atoms with Crippen molar-refractivity contribution in [2.24, 2.45) is 0 Å². The van der Waals surface area contributed by atoms with E-state index in [4.69, 9.17) is 4.84 Å². The van der Waals surface area contributed by atoms with Crippen molar-refractivity contribution < 1.29 is 19.2 Å². The summed E-state index contributed by atoms with van der Waals surface area (Å²) >= 11 is 4.28. The summed E-state index contributed by atoms with van der Waals surface area (Å²) in [4.78, 5) is 39.2. The van der Waals surface area contributed by atoms with Crippen LogP contribution in [0.4, 0.5) is 0 Å². The minimum atomic E-state index is -0.720. The molecule has 1 aromatic carbocycles. The second-order valence-electron chi connectivity index (χ2n) is 4.26. The topological polar surface area (TPSA) is 63.7 Å². The lowest BCUT2D eigenvalue weighted by molar-refractivity contribution is -0.172. The van der Waals surface area contributed by atoms with E-state index < -0.39 is 17.8 Å². The third-order valence-electron chi connectivity index (χ3n) is 2.81. The smallest absolute Gasteiger partial charge is 0.325 e. The number of carbonyl (C=O) groups excluding carboxylic acids is 3. The van der Waals surface area contributed by atoms with Gasteiger partial charge in [-0.2, -0.15) is 12.6 Å². The molecule has 2 amide bonds. The molecule has 1 atom stereocenters. The minimum absolute atomic E-state index is 0.0619. The van der Waals surface area contributed by atoms with E-state index >= 15 is 0 Å². The molecule has 0 N–H and O–H groups in total. The number of hydroxylamine groups is 2. The van der Waals surface area contributed by atoms with Gasteiger partial charge in [0.15, 0.2) is 0 Å². The van der Waals surface area contributed by atoms with Crippen LogP contribution in [0.1, 0.15) is 40.9 Å². The lowest BCUT2D eigenvalue weighted by Crippen LogP contribution is -2.32. The molecule has 1 unspecified atom stereocenters. The number of thiol groups is 1. The van der Waals surface area contributed by atoms with E-state index in [0.717, 1.165) is 5.56 Å². The molecule has 0 spiro atoms. The highest BCUT2D eigenvalue weighted by Gasteiger charge is 2.33. The Morgan fingerprint density at radius 2 is 1.74 bits per heavy atom. The fourth-order valence-corrected chi connectivity index (χ4v) is 1.86. The summed E-state index contributed by atoms with van der Waals surface area (Å²) in [7, 11) is 0. The van der Waals surface area contributed by atoms with Gasteiger partial charge in [0.05, 0.1) is 5.56 Å². The van der Waals surface area contributed by atoms with E-state index in [1.54, 1.807) is 24.3 Å². The predicted molar refractivity (Wildman–Crippen MR) is 70.3 cm³/mol. The summed E-state index contributed by atoms with van der Waals surface area (Å²) in [5.74, 6) is -1.69. The fraction of sp³-hybridized carbons (Fsp3) is 0.308. The van der Waals surface area contributed by atoms with Gasteiger partial charge in [0, 0.05) is 18.1 Å². The maximum Gasteiger partial charge on any atom is 0.363 e. The number of carbonyl (C=O) groups is 3. The van der Waals surface area contributed by atoms with Crippen LogP contribution in [0.3, 0.4) is 0 Å². The molecule has 6 heteroatoms. The Kier molecular flexibility index (Phi) is 3.90. The first kappa shape index (κ1) is 13.6. The van der Waals surface area contributed by atoms with Crippen LogP contribution in [0.2, 0.25) is 0 Å². The van der Waals surface area contributed by atoms with Gasteiger partial charge in [0.1, 0.15) is 0 Å². The van der Waals surface area contributed by atoms with Crippen molar-refractivity contribution in [3.8, 4) is 0 Å². The van der Waals surface area contributed by atoms with Crippen molar-refractivity contribution in [2.75, 3.05) is 0 Å². The standard InChI is InChI=1S/C13H13NO4S/c1-8(19)9-2-4-10(5-3-9)13(17)18-14-11(15)6-7-12(14)16/h2-5,8,19H,6-7H2,1H3. The number of rotatable bonds is 3. The van der Waals surface area contributed by atoms with Gasteiger partial charge >= 0.3 is 5.97 Å². The minimum Gasteiger partial charge on any atom is -0.325 e. The molecular weight excluding hydrogens is 266 g/mol. The first-order valence-electron chi connectivity index (χ1n) is 5.85. The summed E-state index contributed by atoms with van der Waals surface area (Å²) in [5.41, 5.74) is 1.25. The van der Waals surface area contributed by atoms with Gasteiger partial charge in [-0.05, 0) is 24.6 Å². The molecule has 1 heterocycles. The SMILES string of the molecule is CC(S)c1ccc(C(=O)ON2C(=O)CCC2=O)cc1. The van der Waals surface area contributed by atoms with Gasteiger partial charge in [0.25, 0.3) is 11.8 Å². The molecule has 0 saturated carbocycles. The Morgan fingerprint density at radius 1 is 1.21 bits per heavy atom. The first-order chi connectivity index (χ1) is 8.99. The Bertz CT molecular complexity index is 508. The van der Waals surface area contributed by atoms with Crippen molar-refractivity contribution in [1.82, 2.24) is 5.06 Å². The highest BCUT2D eigenvalue weighted by Crippen LogP contribution is 2.20. The molecule has 1 fully saturated rings. The third kappa shape index (κ3) is 2.96. The molecule has 1 saturated heterocycles. The molecule has 100 valence electrons. The zero-order valence-corrected chi connectivity index (χ0v) is 11.2. The molecule has 19 heavy (non-hydrogen) atoms. The Morgan fingerprint density at radius 3 is 2.21 bits per heavy atom. The lowest BCUT2D eigenvalue weighted by atomic mass is 10.1. The molecule has 0 aliphatic carbocycles. The summed E-state index contributed by atoms with van der Waals surface area (Å²) < 4.78 is 0. The monoisotopic (exact) mass is 279 g/mol. The van der Waals surface area contributed by atoms with Crippen LogP contribution in [-0.2, 0) is 14.4 Å². The summed E-state index contributed by atoms with van der Waals surface area (Å²) in [6.07, 6.45) is 0.171. The van der Waals surface area contributed by atoms with Crippen molar-refractivity contribution in [2.45, 2.75) is 25.0 Å². The Balaban J connectivity index is 2.07. The number of benzene rings is 1. The van der Waals surface area contributed by atoms with Crippen molar-refractivity contribution in [3.05, 3.63) is 35.4 Å². The van der Waals surface area contributed by atoms with Gasteiger partial charge in [-0.1, -0.05) is 12.1 Å². The van der Waals surface area contributed by atoms with Crippen LogP contribution in [0.25, 0.3) is 0 Å². The van der Waals surface area contributed by atoms with E-state index in [1.165, 1.54) is 0 Å². The highest BCUT2D eigenvalue weighted by molar-refractivity contribution is 7.80. The second-order valence-corrected chi connectivity index (χ2v) is 5.03. The summed E-state index contributed by atoms with van der Waals surface area (Å²) in [6, 6.07) is 6.66. The van der Waals surface area contributed by atoms with E-state index in [1.807, 2.05) is 6.92 Å². The molecule has 1 aliphatic heterocycles. The van der Waals surface area contributed by atoms with Gasteiger partial charge in [-0.15, -0.1) is 5.06 Å². The highest BCUT2D eigenvalue weighted by atomic mass is 32.1. The van der Waals surface area contributed by atoms with E-state index in [0.29, 0.717) is 5.06 Å². The van der Waals surface area contributed by atoms with Crippen LogP contribution in [-0.4, -0.2) is 22.8 Å². The Hall–Kier alpha value is -1.82. The maximum absolute atomic E-state index is 11.8. The molecule has 1 aromatic rings. The number of imide groups is 1. The first-order valence-corrected chi connectivity index (χ1v) is 6.37. The molecule has 0 bridgehead atoms. The van der Waals surface area contributed by atoms with Crippen LogP contribution in [0.5, 0.6) is 0 Å². The van der Waals surface area contributed by atoms with Gasteiger partial charge in [-0.25, -0.2) is 4.79 Å². The number of hydrogen-bond acceptors (Lipinski definition) is 5. The summed E-state index contributed by atoms with van der Waals surface area (Å²) in [6.45, 7) is 1.91. The molecule has 5 nitrogen and oxygen atoms in total. The summed E-state index contributed by atoms with van der Waals surface area (Å²) in [5, 5.41) is 0.601. The van der Waals surface area contributed by atoms with Crippen molar-refractivity contribution in [1.29, 1.82) is 0 Å². The fourth-order valence-electron chi connectivity index (χ4n) is 1.69. The van der Waals surface area contributed by atoms with Crippen molar-refractivity contribution >= 4 is 30.4 Å². The van der Waals surface area contributed by atoms with Crippen molar-refractivity contribution in [3.63, 3.8) is 0 Å². The van der Waals surface area contributed by atoms with E-state index in [9.17, 15) is 14.4 Å². The second kappa shape index (κ2) is 5.44. The number of amides is 2. The molecule has 0 aromatic heterocycles. The van der Waals surface area contributed by atoms with Gasteiger partial charge in [0.2, 0.25) is 0 Å². The van der Waals surface area contributed by atoms with Crippen LogP contribution < -0.4 is 0 Å². The van der Waals surface area contributed by atoms with Crippen LogP contribution >= 0.6 is 12.6 Å². The van der Waals surface area contributed by atoms with E-state index in [-0.39, 0.29) is 23.7 Å². The van der Waals surface area contributed by atoms with Crippen LogP contribution in [0, 0.1) is 0 Å². The number of nitrogens with zero attached hydrogens (tertiary/aromatic N) is 1. The molecule has 0 radical (unpaired) electrons. The zero-order chi connectivity index (χ0) is 14.0. The third-order valence-corrected chi connectivity index (χ3v) is 3.11. The van der Waals surface area contributed by atoms with Crippen LogP contribution in [0.15, 0.2) is 24.3 Å². The molecule has 1 aliphatic rings. The maximum atomic E-state index is 11.8. The largest absolute Gasteiger partial charge is 0.363 e. The lowest BCUT2D eigenvalue weighted by Gasteiger charge is -2.12. The van der Waals surface area contributed by atoms with E-state index in [2.05, 4.69) is 12.6 Å². The Labute approximate surface area is 115 Å². The normalized spacial score (nSPS) is 16.6. The zero-order valence-electron chi connectivity index (χ0n) is 10.3. The van der Waals surface area contributed by atoms with Gasteiger partial charge < -0.3 is 4.84 Å².